The van der Waals surface area contributed by atoms with Gasteiger partial charge in [-0.2, -0.15) is 0 Å². The number of carbonyl (C=O) groups is 1. The van der Waals surface area contributed by atoms with Gasteiger partial charge in [0.15, 0.2) is 0 Å². The Bertz CT molecular complexity index is 379. The van der Waals surface area contributed by atoms with E-state index in [2.05, 4.69) is 67.8 Å². The highest BCUT2D eigenvalue weighted by Crippen LogP contribution is 2.42. The summed E-state index contributed by atoms with van der Waals surface area (Å²) in [6, 6.07) is 0. The van der Waals surface area contributed by atoms with E-state index in [1.54, 1.807) is 0 Å². The van der Waals surface area contributed by atoms with Crippen LogP contribution in [-0.2, 0) is 4.43 Å². The smallest absolute Gasteiger partial charge is 0.396 e. The summed E-state index contributed by atoms with van der Waals surface area (Å²) in [6.07, 6.45) is 1.79. The Kier molecular flexibility index (Phi) is 8.31. The minimum atomic E-state index is -2.20. The fourth-order valence-corrected chi connectivity index (χ4v) is 11.0. The van der Waals surface area contributed by atoms with Crippen LogP contribution in [0.2, 0.25) is 36.3 Å². The predicted molar refractivity (Wildman–Crippen MR) is 107 cm³/mol. The van der Waals surface area contributed by atoms with Gasteiger partial charge in [-0.3, -0.25) is 0 Å². The van der Waals surface area contributed by atoms with Crippen LogP contribution < -0.4 is 0 Å². The number of amides is 1. The standard InChI is InChI=1S/C18H39NO2Si2/c1-12-17(22(9,10)11)19(13-2)18(20)21-23(14(3)4,15(5)6)16(7)8/h12,14-17H,1,13H2,2-11H3. The first kappa shape index (κ1) is 22.4. The van der Waals surface area contributed by atoms with Gasteiger partial charge in [0.05, 0.1) is 8.07 Å². The molecule has 0 spiro atoms. The zero-order chi connectivity index (χ0) is 18.6. The largest absolute Gasteiger partial charge is 0.503 e. The summed E-state index contributed by atoms with van der Waals surface area (Å²) in [4.78, 5) is 15.0. The summed E-state index contributed by atoms with van der Waals surface area (Å²) in [5, 5.41) is 0. The van der Waals surface area contributed by atoms with E-state index in [-0.39, 0.29) is 11.8 Å². The maximum atomic E-state index is 13.1. The molecule has 0 bridgehead atoms. The maximum Gasteiger partial charge on any atom is 0.396 e. The molecule has 0 heterocycles. The molecule has 136 valence electrons. The molecular formula is C18H39NO2Si2. The molecule has 0 N–H and O–H groups in total. The van der Waals surface area contributed by atoms with Crippen molar-refractivity contribution in [3.05, 3.63) is 12.7 Å². The van der Waals surface area contributed by atoms with Gasteiger partial charge >= 0.3 is 6.09 Å². The summed E-state index contributed by atoms with van der Waals surface area (Å²) in [6.45, 7) is 26.7. The number of carbonyl (C=O) groups excluding carboxylic acids is 1. The third-order valence-electron chi connectivity index (χ3n) is 4.99. The molecule has 1 atom stereocenters. The van der Waals surface area contributed by atoms with Crippen molar-refractivity contribution in [3.8, 4) is 0 Å². The Morgan fingerprint density at radius 1 is 1.04 bits per heavy atom. The fourth-order valence-electron chi connectivity index (χ4n) is 3.95. The van der Waals surface area contributed by atoms with Crippen molar-refractivity contribution in [2.24, 2.45) is 0 Å². The van der Waals surface area contributed by atoms with Gasteiger partial charge in [0.2, 0.25) is 0 Å². The van der Waals surface area contributed by atoms with Crippen molar-refractivity contribution in [1.29, 1.82) is 0 Å². The second-order valence-electron chi connectivity index (χ2n) is 8.52. The fraction of sp³-hybridized carbons (Fsp3) is 0.833. The third-order valence-corrected chi connectivity index (χ3v) is 13.3. The van der Waals surface area contributed by atoms with Crippen LogP contribution in [0.25, 0.3) is 0 Å². The molecule has 0 saturated heterocycles. The third kappa shape index (κ3) is 4.96. The van der Waals surface area contributed by atoms with Gasteiger partial charge in [-0.1, -0.05) is 67.3 Å². The Morgan fingerprint density at radius 2 is 1.43 bits per heavy atom. The number of nitrogens with zero attached hydrogens (tertiary/aromatic N) is 1. The van der Waals surface area contributed by atoms with Gasteiger partial charge in [0, 0.05) is 12.2 Å². The number of rotatable bonds is 8. The van der Waals surface area contributed by atoms with Gasteiger partial charge in [-0.15, -0.1) is 6.58 Å². The van der Waals surface area contributed by atoms with Crippen LogP contribution in [-0.4, -0.2) is 39.6 Å². The van der Waals surface area contributed by atoms with Crippen molar-refractivity contribution >= 4 is 22.5 Å². The summed E-state index contributed by atoms with van der Waals surface area (Å²) in [7, 11) is -3.77. The zero-order valence-electron chi connectivity index (χ0n) is 17.1. The topological polar surface area (TPSA) is 29.5 Å². The van der Waals surface area contributed by atoms with Crippen molar-refractivity contribution < 1.29 is 9.22 Å². The minimum Gasteiger partial charge on any atom is -0.503 e. The molecule has 0 fully saturated rings. The lowest BCUT2D eigenvalue weighted by Crippen LogP contribution is -2.57. The first-order valence-corrected chi connectivity index (χ1v) is 14.7. The lowest BCUT2D eigenvalue weighted by molar-refractivity contribution is 0.146. The Morgan fingerprint density at radius 3 is 1.65 bits per heavy atom. The van der Waals surface area contributed by atoms with Crippen LogP contribution in [0.5, 0.6) is 0 Å². The first-order valence-electron chi connectivity index (χ1n) is 8.98. The van der Waals surface area contributed by atoms with E-state index in [1.807, 2.05) is 17.9 Å². The van der Waals surface area contributed by atoms with Crippen molar-refractivity contribution in [1.82, 2.24) is 4.90 Å². The van der Waals surface area contributed by atoms with Gasteiger partial charge in [-0.05, 0) is 23.5 Å². The van der Waals surface area contributed by atoms with Crippen molar-refractivity contribution in [2.75, 3.05) is 6.54 Å². The van der Waals surface area contributed by atoms with Crippen LogP contribution in [0.15, 0.2) is 12.7 Å². The number of hydrogen-bond acceptors (Lipinski definition) is 2. The molecule has 1 unspecified atom stereocenters. The molecule has 0 aliphatic rings. The maximum absolute atomic E-state index is 13.1. The highest BCUT2D eigenvalue weighted by molar-refractivity contribution is 6.79. The van der Waals surface area contributed by atoms with Crippen LogP contribution in [0.1, 0.15) is 48.5 Å². The van der Waals surface area contributed by atoms with Crippen LogP contribution in [0, 0.1) is 0 Å². The monoisotopic (exact) mass is 357 g/mol. The second-order valence-corrected chi connectivity index (χ2v) is 19.2. The van der Waals surface area contributed by atoms with Gasteiger partial charge in [0.25, 0.3) is 8.32 Å². The molecule has 1 amide bonds. The lowest BCUT2D eigenvalue weighted by atomic mass is 10.5. The SMILES string of the molecule is C=CC(N(CC)C(=O)O[Si](C(C)C)(C(C)C)C(C)C)[Si](C)(C)C. The van der Waals surface area contributed by atoms with Crippen molar-refractivity contribution in [3.63, 3.8) is 0 Å². The minimum absolute atomic E-state index is 0.109. The average Bonchev–Trinajstić information content (AvgIpc) is 2.38. The molecule has 0 aromatic rings. The Hall–Kier alpha value is -0.556. The van der Waals surface area contributed by atoms with Gasteiger partial charge in [-0.25, -0.2) is 4.79 Å². The highest BCUT2D eigenvalue weighted by Gasteiger charge is 2.49. The van der Waals surface area contributed by atoms with E-state index >= 15 is 0 Å². The zero-order valence-corrected chi connectivity index (χ0v) is 19.1. The van der Waals surface area contributed by atoms with Crippen molar-refractivity contribution in [2.45, 2.75) is 90.4 Å². The van der Waals surface area contributed by atoms with Crippen LogP contribution in [0.3, 0.4) is 0 Å². The molecular weight excluding hydrogens is 318 g/mol. The van der Waals surface area contributed by atoms with E-state index in [4.69, 9.17) is 4.43 Å². The molecule has 0 rings (SSSR count). The Balaban J connectivity index is 5.67. The lowest BCUT2D eigenvalue weighted by Gasteiger charge is -2.44. The summed E-state index contributed by atoms with van der Waals surface area (Å²) in [5.74, 6) is 0. The van der Waals surface area contributed by atoms with Gasteiger partial charge in [0.1, 0.15) is 0 Å². The molecule has 0 aliphatic heterocycles. The summed E-state index contributed by atoms with van der Waals surface area (Å²) in [5.41, 5.74) is 1.32. The molecule has 0 aliphatic carbocycles. The van der Waals surface area contributed by atoms with E-state index < -0.39 is 16.4 Å². The molecule has 0 aromatic heterocycles. The van der Waals surface area contributed by atoms with Crippen LogP contribution in [0.4, 0.5) is 4.79 Å². The quantitative estimate of drug-likeness (QED) is 0.391. The Labute approximate surface area is 146 Å². The van der Waals surface area contributed by atoms with E-state index in [1.165, 1.54) is 0 Å². The highest BCUT2D eigenvalue weighted by atomic mass is 28.4. The number of hydrogen-bond donors (Lipinski definition) is 0. The van der Waals surface area contributed by atoms with Gasteiger partial charge < -0.3 is 9.33 Å². The van der Waals surface area contributed by atoms with E-state index in [0.717, 1.165) is 0 Å². The molecule has 5 heteroatoms. The average molecular weight is 358 g/mol. The molecule has 23 heavy (non-hydrogen) atoms. The number of likely N-dealkylation sites (N-methyl/N-ethyl adjacent to an activating group) is 1. The normalized spacial score (nSPS) is 14.3. The molecule has 3 nitrogen and oxygen atoms in total. The summed E-state index contributed by atoms with van der Waals surface area (Å²) >= 11 is 0. The predicted octanol–water partition coefficient (Wildman–Crippen LogP) is 6.05. The molecule has 0 aromatic carbocycles. The van der Waals surface area contributed by atoms with Crippen LogP contribution >= 0.6 is 0 Å². The first-order chi connectivity index (χ1) is 10.4. The molecule has 0 saturated carbocycles. The van der Waals surface area contributed by atoms with E-state index in [0.29, 0.717) is 23.2 Å². The second kappa shape index (κ2) is 8.51. The van der Waals surface area contributed by atoms with E-state index in [9.17, 15) is 4.79 Å². The molecule has 0 radical (unpaired) electrons. The summed E-state index contributed by atoms with van der Waals surface area (Å²) < 4.78 is 6.35.